The summed E-state index contributed by atoms with van der Waals surface area (Å²) in [6, 6.07) is 0. The summed E-state index contributed by atoms with van der Waals surface area (Å²) in [7, 11) is -1.35. The Morgan fingerprint density at radius 2 is 1.53 bits per heavy atom. The molecule has 1 aliphatic carbocycles. The zero-order valence-electron chi connectivity index (χ0n) is 11.1. The normalized spacial score (nSPS) is 19.5. The van der Waals surface area contributed by atoms with E-state index in [1.807, 2.05) is 0 Å². The van der Waals surface area contributed by atoms with Crippen LogP contribution in [0.3, 0.4) is 0 Å². The van der Waals surface area contributed by atoms with Crippen LogP contribution in [-0.2, 0) is 0 Å². The molecule has 1 rings (SSSR count). The van der Waals surface area contributed by atoms with Crippen LogP contribution >= 0.6 is 0 Å². The second-order valence-electron chi connectivity index (χ2n) is 6.48. The Bertz CT molecular complexity index is 253. The molecule has 0 saturated heterocycles. The minimum absolute atomic E-state index is 0.411. The van der Waals surface area contributed by atoms with Crippen LogP contribution in [0.2, 0.25) is 18.1 Å². The van der Waals surface area contributed by atoms with E-state index in [-0.39, 0.29) is 0 Å². The highest BCUT2D eigenvalue weighted by molar-refractivity contribution is 6.87. The molecule has 1 saturated carbocycles. The molecule has 0 aromatic rings. The molecule has 0 spiro atoms. The minimum atomic E-state index is -1.35. The second kappa shape index (κ2) is 4.74. The third kappa shape index (κ3) is 3.68. The zero-order chi connectivity index (χ0) is 11.5. The molecule has 0 nitrogen and oxygen atoms in total. The van der Waals surface area contributed by atoms with Crippen molar-refractivity contribution in [1.29, 1.82) is 0 Å². The molecule has 0 aromatic heterocycles. The highest BCUT2D eigenvalue weighted by Gasteiger charge is 2.33. The highest BCUT2D eigenvalue weighted by atomic mass is 28.3. The number of hydrogen-bond acceptors (Lipinski definition) is 0. The van der Waals surface area contributed by atoms with Gasteiger partial charge in [0, 0.05) is 5.92 Å². The van der Waals surface area contributed by atoms with E-state index in [1.54, 1.807) is 0 Å². The second-order valence-corrected chi connectivity index (χ2v) is 11.5. The Kier molecular flexibility index (Phi) is 4.06. The van der Waals surface area contributed by atoms with Gasteiger partial charge in [-0.1, -0.05) is 53.1 Å². The molecular formula is C14H26Si. The molecule has 0 aliphatic heterocycles. The van der Waals surface area contributed by atoms with Gasteiger partial charge in [-0.2, -0.15) is 0 Å². The number of rotatable bonds is 0. The lowest BCUT2D eigenvalue weighted by Gasteiger charge is -2.32. The monoisotopic (exact) mass is 222 g/mol. The zero-order valence-corrected chi connectivity index (χ0v) is 12.1. The summed E-state index contributed by atoms with van der Waals surface area (Å²) in [6.07, 6.45) is 6.93. The molecule has 0 bridgehead atoms. The van der Waals surface area contributed by atoms with E-state index in [4.69, 9.17) is 0 Å². The first-order valence-corrected chi connectivity index (χ1v) is 9.36. The molecule has 0 atom stereocenters. The molecule has 0 N–H and O–H groups in total. The highest BCUT2D eigenvalue weighted by Crippen LogP contribution is 2.35. The molecule has 86 valence electrons. The topological polar surface area (TPSA) is 0 Å². The fourth-order valence-corrected chi connectivity index (χ4v) is 2.66. The van der Waals surface area contributed by atoms with Crippen molar-refractivity contribution in [1.82, 2.24) is 0 Å². The van der Waals surface area contributed by atoms with Gasteiger partial charge in [0.2, 0.25) is 0 Å². The number of hydrogen-bond donors (Lipinski definition) is 0. The van der Waals surface area contributed by atoms with Crippen molar-refractivity contribution in [3.8, 4) is 11.5 Å². The first kappa shape index (κ1) is 12.8. The average Bonchev–Trinajstić information content (AvgIpc) is 2.15. The van der Waals surface area contributed by atoms with Gasteiger partial charge in [0.15, 0.2) is 0 Å². The predicted octanol–water partition coefficient (Wildman–Crippen LogP) is 4.62. The lowest BCUT2D eigenvalue weighted by atomic mass is 9.90. The van der Waals surface area contributed by atoms with Crippen molar-refractivity contribution < 1.29 is 0 Å². The summed E-state index contributed by atoms with van der Waals surface area (Å²) in [4.78, 5) is 0. The Labute approximate surface area is 96.9 Å². The molecule has 15 heavy (non-hydrogen) atoms. The van der Waals surface area contributed by atoms with E-state index in [9.17, 15) is 0 Å². The summed E-state index contributed by atoms with van der Waals surface area (Å²) in [5, 5.41) is 0.411. The van der Waals surface area contributed by atoms with Crippen LogP contribution in [0, 0.1) is 17.4 Å². The van der Waals surface area contributed by atoms with Gasteiger partial charge in [0.05, 0.1) is 0 Å². The maximum atomic E-state index is 3.66. The van der Waals surface area contributed by atoms with Gasteiger partial charge in [0.25, 0.3) is 0 Å². The molecular weight excluding hydrogens is 196 g/mol. The molecule has 0 unspecified atom stereocenters. The fraction of sp³-hybridized carbons (Fsp3) is 0.857. The van der Waals surface area contributed by atoms with Gasteiger partial charge in [-0.05, 0) is 17.9 Å². The van der Waals surface area contributed by atoms with Crippen LogP contribution in [-0.4, -0.2) is 8.07 Å². The summed E-state index contributed by atoms with van der Waals surface area (Å²) >= 11 is 0. The van der Waals surface area contributed by atoms with E-state index in [2.05, 4.69) is 45.3 Å². The van der Waals surface area contributed by atoms with E-state index in [0.29, 0.717) is 11.0 Å². The molecule has 0 amide bonds. The summed E-state index contributed by atoms with van der Waals surface area (Å²) in [6.45, 7) is 11.8. The minimum Gasteiger partial charge on any atom is -0.131 e. The quantitative estimate of drug-likeness (QED) is 0.414. The van der Waals surface area contributed by atoms with E-state index in [0.717, 1.165) is 0 Å². The Balaban J connectivity index is 2.63. The standard InChI is InChI=1S/C14H26Si/c1-14(2,3)15(4,5)12-11-13-9-7-6-8-10-13/h13H,6-10H2,1-5H3. The Hall–Kier alpha value is -0.223. The third-order valence-electron chi connectivity index (χ3n) is 4.07. The van der Waals surface area contributed by atoms with E-state index < -0.39 is 8.07 Å². The molecule has 0 radical (unpaired) electrons. The molecule has 1 heteroatoms. The molecule has 0 aromatic carbocycles. The van der Waals surface area contributed by atoms with Crippen molar-refractivity contribution >= 4 is 8.07 Å². The lowest BCUT2D eigenvalue weighted by Crippen LogP contribution is -2.35. The average molecular weight is 222 g/mol. The fourth-order valence-electron chi connectivity index (χ4n) is 1.72. The van der Waals surface area contributed by atoms with Crippen molar-refractivity contribution in [2.24, 2.45) is 5.92 Å². The van der Waals surface area contributed by atoms with Crippen molar-refractivity contribution in [2.45, 2.75) is 71.0 Å². The van der Waals surface area contributed by atoms with Gasteiger partial charge in [-0.15, -0.1) is 11.5 Å². The predicted molar refractivity (Wildman–Crippen MR) is 71.5 cm³/mol. The summed E-state index contributed by atoms with van der Waals surface area (Å²) in [5.74, 6) is 4.30. The van der Waals surface area contributed by atoms with Crippen molar-refractivity contribution in [3.63, 3.8) is 0 Å². The molecule has 1 aliphatic rings. The maximum Gasteiger partial charge on any atom is 0.137 e. The first-order valence-electron chi connectivity index (χ1n) is 6.36. The van der Waals surface area contributed by atoms with Crippen LogP contribution < -0.4 is 0 Å². The van der Waals surface area contributed by atoms with Crippen LogP contribution in [0.15, 0.2) is 0 Å². The Morgan fingerprint density at radius 1 is 1.00 bits per heavy atom. The van der Waals surface area contributed by atoms with E-state index >= 15 is 0 Å². The van der Waals surface area contributed by atoms with Crippen LogP contribution in [0.1, 0.15) is 52.9 Å². The lowest BCUT2D eigenvalue weighted by molar-refractivity contribution is 0.430. The van der Waals surface area contributed by atoms with Gasteiger partial charge >= 0.3 is 0 Å². The Morgan fingerprint density at radius 3 is 2.00 bits per heavy atom. The van der Waals surface area contributed by atoms with Crippen molar-refractivity contribution in [2.75, 3.05) is 0 Å². The largest absolute Gasteiger partial charge is 0.137 e. The van der Waals surface area contributed by atoms with E-state index in [1.165, 1.54) is 32.1 Å². The summed E-state index contributed by atoms with van der Waals surface area (Å²) < 4.78 is 0. The third-order valence-corrected chi connectivity index (χ3v) is 8.59. The molecule has 1 fully saturated rings. The molecule has 0 heterocycles. The maximum absolute atomic E-state index is 3.66. The van der Waals surface area contributed by atoms with Crippen molar-refractivity contribution in [3.05, 3.63) is 0 Å². The van der Waals surface area contributed by atoms with Gasteiger partial charge in [-0.3, -0.25) is 0 Å². The van der Waals surface area contributed by atoms with Gasteiger partial charge < -0.3 is 0 Å². The smallest absolute Gasteiger partial charge is 0.131 e. The van der Waals surface area contributed by atoms with Crippen LogP contribution in [0.25, 0.3) is 0 Å². The van der Waals surface area contributed by atoms with Crippen LogP contribution in [0.4, 0.5) is 0 Å². The van der Waals surface area contributed by atoms with Gasteiger partial charge in [-0.25, -0.2) is 0 Å². The first-order chi connectivity index (χ1) is 6.83. The SMILES string of the molecule is CC(C)(C)[Si](C)(C)C#CC1CCCCC1. The summed E-state index contributed by atoms with van der Waals surface area (Å²) in [5.41, 5.74) is 3.66. The van der Waals surface area contributed by atoms with Gasteiger partial charge in [0.1, 0.15) is 8.07 Å². The van der Waals surface area contributed by atoms with Crippen LogP contribution in [0.5, 0.6) is 0 Å².